The molecule has 4 nitrogen and oxygen atoms in total. The summed E-state index contributed by atoms with van der Waals surface area (Å²) in [7, 11) is -2.94. The van der Waals surface area contributed by atoms with Crippen LogP contribution in [0.3, 0.4) is 0 Å². The van der Waals surface area contributed by atoms with Gasteiger partial charge in [0.2, 0.25) is 0 Å². The third-order valence-corrected chi connectivity index (χ3v) is 5.93. The Morgan fingerprint density at radius 1 is 0.833 bits per heavy atom. The minimum absolute atomic E-state index is 0.196. The van der Waals surface area contributed by atoms with Crippen LogP contribution in [0.25, 0.3) is 0 Å². The monoisotopic (exact) mass is 276 g/mol. The molecule has 0 aromatic heterocycles. The lowest BCUT2D eigenvalue weighted by Gasteiger charge is -2.32. The molecule has 1 aliphatic carbocycles. The third-order valence-electron chi connectivity index (χ3n) is 3.44. The van der Waals surface area contributed by atoms with Gasteiger partial charge in [-0.15, -0.1) is 0 Å². The zero-order valence-electron chi connectivity index (χ0n) is 12.4. The molecule has 0 bridgehead atoms. The fraction of sp³-hybridized carbons (Fsp3) is 1.00. The van der Waals surface area contributed by atoms with Crippen molar-refractivity contribution in [3.05, 3.63) is 0 Å². The molecule has 0 heterocycles. The van der Waals surface area contributed by atoms with E-state index in [1.54, 1.807) is 0 Å². The second kappa shape index (κ2) is 7.60. The van der Waals surface area contributed by atoms with E-state index in [9.17, 15) is 0 Å². The Morgan fingerprint density at radius 3 is 1.56 bits per heavy atom. The number of hydrogen-bond donors (Lipinski definition) is 0. The van der Waals surface area contributed by atoms with Gasteiger partial charge < -0.3 is 17.7 Å². The van der Waals surface area contributed by atoms with Crippen LogP contribution in [-0.2, 0) is 17.7 Å². The standard InChI is InChI=1S/C13H28O4Si/c1-6-14-18(15-7-2,16-8-3)17-13-11(4)9-10-12(13)5/h11-13H,6-10H2,1-5H3/t11-,12+,13?. The molecule has 0 aliphatic heterocycles. The van der Waals surface area contributed by atoms with Crippen LogP contribution in [0.1, 0.15) is 47.5 Å². The highest BCUT2D eigenvalue weighted by atomic mass is 28.4. The van der Waals surface area contributed by atoms with Crippen LogP contribution in [0.4, 0.5) is 0 Å². The summed E-state index contributed by atoms with van der Waals surface area (Å²) in [6.07, 6.45) is 2.61. The summed E-state index contributed by atoms with van der Waals surface area (Å²) in [4.78, 5) is 0. The predicted octanol–water partition coefficient (Wildman–Crippen LogP) is 2.98. The average Bonchev–Trinajstić information content (AvgIpc) is 2.62. The molecule has 0 spiro atoms. The highest BCUT2D eigenvalue weighted by Gasteiger charge is 2.49. The van der Waals surface area contributed by atoms with Gasteiger partial charge in [0.1, 0.15) is 0 Å². The summed E-state index contributed by atoms with van der Waals surface area (Å²) in [5, 5.41) is 0. The molecule has 1 aliphatic rings. The van der Waals surface area contributed by atoms with Gasteiger partial charge in [-0.3, -0.25) is 0 Å². The number of rotatable bonds is 8. The Bertz CT molecular complexity index is 210. The second-order valence-electron chi connectivity index (χ2n) is 4.91. The molecule has 0 aromatic rings. The van der Waals surface area contributed by atoms with Gasteiger partial charge in [-0.25, -0.2) is 0 Å². The van der Waals surface area contributed by atoms with Crippen LogP contribution >= 0.6 is 0 Å². The Morgan fingerprint density at radius 2 is 1.22 bits per heavy atom. The van der Waals surface area contributed by atoms with E-state index >= 15 is 0 Å². The molecule has 0 N–H and O–H groups in total. The molecular formula is C13H28O4Si. The molecule has 1 fully saturated rings. The Hall–Kier alpha value is 0.0569. The zero-order valence-corrected chi connectivity index (χ0v) is 13.4. The topological polar surface area (TPSA) is 36.9 Å². The van der Waals surface area contributed by atoms with Crippen molar-refractivity contribution in [1.82, 2.24) is 0 Å². The molecule has 1 rings (SSSR count). The van der Waals surface area contributed by atoms with Gasteiger partial charge in [0.25, 0.3) is 0 Å². The van der Waals surface area contributed by atoms with Crippen molar-refractivity contribution in [2.75, 3.05) is 19.8 Å². The van der Waals surface area contributed by atoms with Crippen molar-refractivity contribution in [3.63, 3.8) is 0 Å². The third kappa shape index (κ3) is 4.03. The maximum absolute atomic E-state index is 6.22. The summed E-state index contributed by atoms with van der Waals surface area (Å²) in [6, 6.07) is 0. The smallest absolute Gasteiger partial charge is 0.351 e. The largest absolute Gasteiger partial charge is 0.679 e. The predicted molar refractivity (Wildman–Crippen MR) is 73.1 cm³/mol. The van der Waals surface area contributed by atoms with E-state index in [-0.39, 0.29) is 6.10 Å². The van der Waals surface area contributed by atoms with E-state index < -0.39 is 9.05 Å². The van der Waals surface area contributed by atoms with Gasteiger partial charge in [0.15, 0.2) is 0 Å². The van der Waals surface area contributed by atoms with Crippen LogP contribution in [0.5, 0.6) is 0 Å². The van der Waals surface area contributed by atoms with Crippen molar-refractivity contribution in [2.45, 2.75) is 53.6 Å². The molecule has 0 radical (unpaired) electrons. The van der Waals surface area contributed by atoms with Crippen LogP contribution in [0, 0.1) is 11.8 Å². The Kier molecular flexibility index (Phi) is 6.80. The maximum Gasteiger partial charge on any atom is 0.679 e. The van der Waals surface area contributed by atoms with Gasteiger partial charge >= 0.3 is 9.05 Å². The van der Waals surface area contributed by atoms with Gasteiger partial charge in [0.05, 0.1) is 6.10 Å². The second-order valence-corrected chi connectivity index (χ2v) is 7.02. The lowest BCUT2D eigenvalue weighted by atomic mass is 10.0. The summed E-state index contributed by atoms with van der Waals surface area (Å²) in [5.41, 5.74) is 0. The van der Waals surface area contributed by atoms with Crippen LogP contribution in [0.2, 0.25) is 0 Å². The average molecular weight is 276 g/mol. The highest BCUT2D eigenvalue weighted by Crippen LogP contribution is 2.35. The molecule has 108 valence electrons. The first-order valence-corrected chi connectivity index (χ1v) is 8.81. The molecule has 5 heteroatoms. The quantitative estimate of drug-likeness (QED) is 0.639. The summed E-state index contributed by atoms with van der Waals surface area (Å²) in [6.45, 7) is 12.0. The van der Waals surface area contributed by atoms with Crippen molar-refractivity contribution < 1.29 is 17.7 Å². The molecule has 1 saturated carbocycles. The lowest BCUT2D eigenvalue weighted by Crippen LogP contribution is -2.52. The van der Waals surface area contributed by atoms with Crippen LogP contribution < -0.4 is 0 Å². The zero-order chi connectivity index (χ0) is 13.6. The number of hydrogen-bond acceptors (Lipinski definition) is 4. The molecule has 1 unspecified atom stereocenters. The van der Waals surface area contributed by atoms with Gasteiger partial charge in [-0.1, -0.05) is 13.8 Å². The highest BCUT2D eigenvalue weighted by molar-refractivity contribution is 6.53. The fourth-order valence-electron chi connectivity index (χ4n) is 2.57. The van der Waals surface area contributed by atoms with Crippen molar-refractivity contribution in [1.29, 1.82) is 0 Å². The minimum atomic E-state index is -2.94. The summed E-state index contributed by atoms with van der Waals surface area (Å²) in [5.74, 6) is 1.10. The normalized spacial score (nSPS) is 28.8. The van der Waals surface area contributed by atoms with Crippen LogP contribution in [-0.4, -0.2) is 35.0 Å². The van der Waals surface area contributed by atoms with Gasteiger partial charge in [0, 0.05) is 19.8 Å². The van der Waals surface area contributed by atoms with Crippen molar-refractivity contribution >= 4 is 9.05 Å². The Balaban J connectivity index is 2.74. The molecule has 18 heavy (non-hydrogen) atoms. The molecule has 3 atom stereocenters. The van der Waals surface area contributed by atoms with E-state index in [0.717, 1.165) is 0 Å². The SMILES string of the molecule is CCO[Si](OCC)(OCC)OC1[C@H](C)CC[C@@H]1C. The lowest BCUT2D eigenvalue weighted by molar-refractivity contribution is -0.0651. The van der Waals surface area contributed by atoms with Crippen molar-refractivity contribution in [3.8, 4) is 0 Å². The maximum atomic E-state index is 6.22. The van der Waals surface area contributed by atoms with E-state index in [4.69, 9.17) is 17.7 Å². The summed E-state index contributed by atoms with van der Waals surface area (Å²) < 4.78 is 23.4. The van der Waals surface area contributed by atoms with E-state index in [2.05, 4.69) is 13.8 Å². The summed E-state index contributed by atoms with van der Waals surface area (Å²) >= 11 is 0. The Labute approximate surface area is 112 Å². The van der Waals surface area contributed by atoms with Crippen LogP contribution in [0.15, 0.2) is 0 Å². The van der Waals surface area contributed by atoms with E-state index in [1.165, 1.54) is 12.8 Å². The fourth-order valence-corrected chi connectivity index (χ4v) is 4.88. The first-order valence-electron chi connectivity index (χ1n) is 7.18. The van der Waals surface area contributed by atoms with Crippen molar-refractivity contribution in [2.24, 2.45) is 11.8 Å². The van der Waals surface area contributed by atoms with E-state index in [0.29, 0.717) is 31.7 Å². The first kappa shape index (κ1) is 16.1. The molecule has 0 aromatic carbocycles. The van der Waals surface area contributed by atoms with Gasteiger partial charge in [-0.05, 0) is 45.4 Å². The van der Waals surface area contributed by atoms with E-state index in [1.807, 2.05) is 20.8 Å². The minimum Gasteiger partial charge on any atom is -0.351 e. The molecule has 0 saturated heterocycles. The van der Waals surface area contributed by atoms with Gasteiger partial charge in [-0.2, -0.15) is 0 Å². The molecule has 0 amide bonds. The first-order chi connectivity index (χ1) is 8.58. The molecular weight excluding hydrogens is 248 g/mol.